The minimum absolute atomic E-state index is 0.121. The van der Waals surface area contributed by atoms with E-state index >= 15 is 0 Å². The average Bonchev–Trinajstić information content (AvgIpc) is 2.45. The molecule has 5 heteroatoms. The summed E-state index contributed by atoms with van der Waals surface area (Å²) in [4.78, 5) is 27.7. The Balaban J connectivity index is 2.32. The molecule has 1 rings (SSSR count). The van der Waals surface area contributed by atoms with Gasteiger partial charge in [-0.2, -0.15) is 0 Å². The molecule has 0 aromatic carbocycles. The fourth-order valence-corrected chi connectivity index (χ4v) is 1.64. The number of hydrogen-bond donors (Lipinski definition) is 2. The van der Waals surface area contributed by atoms with Crippen molar-refractivity contribution in [3.63, 3.8) is 0 Å². The Bertz CT molecular complexity index is 434. The van der Waals surface area contributed by atoms with E-state index in [1.165, 1.54) is 0 Å². The van der Waals surface area contributed by atoms with Crippen LogP contribution in [0.4, 0.5) is 0 Å². The predicted octanol–water partition coefficient (Wildman–Crippen LogP) is 1.43. The van der Waals surface area contributed by atoms with Gasteiger partial charge in [0.05, 0.1) is 0 Å². The second-order valence-corrected chi connectivity index (χ2v) is 4.93. The molecule has 0 saturated carbocycles. The van der Waals surface area contributed by atoms with Crippen LogP contribution in [0.3, 0.4) is 0 Å². The summed E-state index contributed by atoms with van der Waals surface area (Å²) in [6.45, 7) is 5.63. The number of hydrogen-bond acceptors (Lipinski definition) is 3. The number of aromatic nitrogens is 1. The van der Waals surface area contributed by atoms with Gasteiger partial charge < -0.3 is 10.6 Å². The van der Waals surface area contributed by atoms with E-state index in [0.29, 0.717) is 12.8 Å². The second kappa shape index (κ2) is 8.30. The number of nitrogens with one attached hydrogen (secondary N) is 2. The van der Waals surface area contributed by atoms with E-state index < -0.39 is 6.04 Å². The van der Waals surface area contributed by atoms with Gasteiger partial charge in [0.2, 0.25) is 11.8 Å². The van der Waals surface area contributed by atoms with Gasteiger partial charge in [0.15, 0.2) is 0 Å². The maximum Gasteiger partial charge on any atom is 0.242 e. The van der Waals surface area contributed by atoms with Gasteiger partial charge >= 0.3 is 0 Å². The van der Waals surface area contributed by atoms with Gasteiger partial charge in [-0.15, -0.1) is 0 Å². The number of pyridine rings is 1. The Hall–Kier alpha value is -1.91. The molecule has 110 valence electrons. The van der Waals surface area contributed by atoms with Gasteiger partial charge in [-0.25, -0.2) is 0 Å². The Morgan fingerprint density at radius 3 is 2.60 bits per heavy atom. The van der Waals surface area contributed by atoms with Gasteiger partial charge in [-0.1, -0.05) is 13.0 Å². The lowest BCUT2D eigenvalue weighted by Gasteiger charge is -2.17. The van der Waals surface area contributed by atoms with Crippen LogP contribution in [0, 0.1) is 0 Å². The van der Waals surface area contributed by atoms with Crippen molar-refractivity contribution in [2.24, 2.45) is 0 Å². The van der Waals surface area contributed by atoms with Crippen molar-refractivity contribution in [2.75, 3.05) is 0 Å². The topological polar surface area (TPSA) is 71.1 Å². The molecule has 0 unspecified atom stereocenters. The lowest BCUT2D eigenvalue weighted by Crippen LogP contribution is -2.47. The van der Waals surface area contributed by atoms with Gasteiger partial charge in [0.1, 0.15) is 6.04 Å². The number of carbonyl (C=O) groups excluding carboxylic acids is 2. The summed E-state index contributed by atoms with van der Waals surface area (Å²) in [7, 11) is 0. The van der Waals surface area contributed by atoms with Crippen molar-refractivity contribution in [1.29, 1.82) is 0 Å². The zero-order valence-electron chi connectivity index (χ0n) is 12.3. The minimum Gasteiger partial charge on any atom is -0.352 e. The lowest BCUT2D eigenvalue weighted by atomic mass is 10.2. The average molecular weight is 277 g/mol. The molecule has 1 aromatic rings. The first-order chi connectivity index (χ1) is 9.52. The molecule has 0 radical (unpaired) electrons. The van der Waals surface area contributed by atoms with E-state index in [2.05, 4.69) is 15.6 Å². The molecule has 20 heavy (non-hydrogen) atoms. The summed E-state index contributed by atoms with van der Waals surface area (Å²) >= 11 is 0. The van der Waals surface area contributed by atoms with Crippen LogP contribution in [0.5, 0.6) is 0 Å². The van der Waals surface area contributed by atoms with Crippen molar-refractivity contribution in [3.8, 4) is 0 Å². The van der Waals surface area contributed by atoms with Gasteiger partial charge in [-0.3, -0.25) is 14.6 Å². The number of carbonyl (C=O) groups is 2. The van der Waals surface area contributed by atoms with E-state index in [4.69, 9.17) is 0 Å². The van der Waals surface area contributed by atoms with Gasteiger partial charge in [-0.05, 0) is 38.8 Å². The summed E-state index contributed by atoms with van der Waals surface area (Å²) in [6, 6.07) is 5.22. The molecule has 0 saturated heterocycles. The SMILES string of the molecule is CC[C@@H](C)NC(=O)[C@@H](C)NC(=O)CCc1ccccn1. The Morgan fingerprint density at radius 1 is 1.25 bits per heavy atom. The van der Waals surface area contributed by atoms with Crippen LogP contribution in [-0.4, -0.2) is 28.9 Å². The number of aryl methyl sites for hydroxylation is 1. The third-order valence-electron chi connectivity index (χ3n) is 3.11. The molecular formula is C15H23N3O2. The highest BCUT2D eigenvalue weighted by atomic mass is 16.2. The summed E-state index contributed by atoms with van der Waals surface area (Å²) in [5, 5.41) is 5.54. The zero-order valence-corrected chi connectivity index (χ0v) is 12.3. The maximum absolute atomic E-state index is 11.8. The Kier molecular flexibility index (Phi) is 6.70. The third-order valence-corrected chi connectivity index (χ3v) is 3.11. The standard InChI is InChI=1S/C15H23N3O2/c1-4-11(2)17-15(20)12(3)18-14(19)9-8-13-7-5-6-10-16-13/h5-7,10-12H,4,8-9H2,1-3H3,(H,17,20)(H,18,19)/t11-,12-/m1/s1. The van der Waals surface area contributed by atoms with Crippen molar-refractivity contribution >= 4 is 11.8 Å². The molecule has 0 aliphatic heterocycles. The lowest BCUT2D eigenvalue weighted by molar-refractivity contribution is -0.128. The van der Waals surface area contributed by atoms with Crippen LogP contribution in [0.2, 0.25) is 0 Å². The maximum atomic E-state index is 11.8. The van der Waals surface area contributed by atoms with E-state index in [9.17, 15) is 9.59 Å². The molecule has 1 heterocycles. The summed E-state index contributed by atoms with van der Waals surface area (Å²) in [5.41, 5.74) is 0.874. The first kappa shape index (κ1) is 16.1. The number of amides is 2. The van der Waals surface area contributed by atoms with E-state index in [1.54, 1.807) is 13.1 Å². The van der Waals surface area contributed by atoms with E-state index in [-0.39, 0.29) is 17.9 Å². The van der Waals surface area contributed by atoms with Crippen molar-refractivity contribution < 1.29 is 9.59 Å². The van der Waals surface area contributed by atoms with E-state index in [0.717, 1.165) is 12.1 Å². The molecule has 0 fully saturated rings. The molecule has 0 bridgehead atoms. The molecule has 1 aromatic heterocycles. The third kappa shape index (κ3) is 5.82. The fourth-order valence-electron chi connectivity index (χ4n) is 1.64. The molecule has 0 aliphatic rings. The number of nitrogens with zero attached hydrogens (tertiary/aromatic N) is 1. The molecule has 2 atom stereocenters. The van der Waals surface area contributed by atoms with Crippen LogP contribution in [-0.2, 0) is 16.0 Å². The van der Waals surface area contributed by atoms with Crippen molar-refractivity contribution in [3.05, 3.63) is 30.1 Å². The highest BCUT2D eigenvalue weighted by Crippen LogP contribution is 1.99. The Labute approximate surface area is 120 Å². The summed E-state index contributed by atoms with van der Waals surface area (Å²) in [6.07, 6.45) is 3.48. The zero-order chi connectivity index (χ0) is 15.0. The number of rotatable bonds is 7. The summed E-state index contributed by atoms with van der Waals surface area (Å²) in [5.74, 6) is -0.284. The van der Waals surface area contributed by atoms with Crippen LogP contribution in [0.15, 0.2) is 24.4 Å². The highest BCUT2D eigenvalue weighted by Gasteiger charge is 2.16. The van der Waals surface area contributed by atoms with Crippen LogP contribution in [0.1, 0.15) is 39.3 Å². The summed E-state index contributed by atoms with van der Waals surface area (Å²) < 4.78 is 0. The normalized spacial score (nSPS) is 13.3. The first-order valence-corrected chi connectivity index (χ1v) is 7.02. The molecule has 0 aliphatic carbocycles. The van der Waals surface area contributed by atoms with Crippen molar-refractivity contribution in [2.45, 2.75) is 52.1 Å². The smallest absolute Gasteiger partial charge is 0.242 e. The van der Waals surface area contributed by atoms with Crippen LogP contribution < -0.4 is 10.6 Å². The van der Waals surface area contributed by atoms with Gasteiger partial charge in [0.25, 0.3) is 0 Å². The van der Waals surface area contributed by atoms with E-state index in [1.807, 2.05) is 32.0 Å². The molecule has 5 nitrogen and oxygen atoms in total. The molecule has 2 N–H and O–H groups in total. The quantitative estimate of drug-likeness (QED) is 0.792. The monoisotopic (exact) mass is 277 g/mol. The van der Waals surface area contributed by atoms with Crippen molar-refractivity contribution in [1.82, 2.24) is 15.6 Å². The molecular weight excluding hydrogens is 254 g/mol. The largest absolute Gasteiger partial charge is 0.352 e. The highest BCUT2D eigenvalue weighted by molar-refractivity contribution is 5.87. The predicted molar refractivity (Wildman–Crippen MR) is 78.1 cm³/mol. The van der Waals surface area contributed by atoms with Gasteiger partial charge in [0, 0.05) is 24.4 Å². The minimum atomic E-state index is -0.514. The molecule has 0 spiro atoms. The Morgan fingerprint density at radius 2 is 2.00 bits per heavy atom. The second-order valence-electron chi connectivity index (χ2n) is 4.93. The van der Waals surface area contributed by atoms with Crippen LogP contribution in [0.25, 0.3) is 0 Å². The van der Waals surface area contributed by atoms with Crippen LogP contribution >= 0.6 is 0 Å². The first-order valence-electron chi connectivity index (χ1n) is 7.02. The fraction of sp³-hybridized carbons (Fsp3) is 0.533. The molecule has 2 amide bonds.